The molecule has 1 aliphatic heterocycles. The van der Waals surface area contributed by atoms with Crippen molar-refractivity contribution < 1.29 is 0 Å². The molecule has 0 saturated heterocycles. The van der Waals surface area contributed by atoms with E-state index in [9.17, 15) is 0 Å². The zero-order chi connectivity index (χ0) is 14.1. The molecule has 0 bridgehead atoms. The lowest BCUT2D eigenvalue weighted by Gasteiger charge is -2.27. The summed E-state index contributed by atoms with van der Waals surface area (Å²) in [4.78, 5) is 10.8. The molecule has 2 aromatic heterocycles. The minimum absolute atomic E-state index is 0.372. The van der Waals surface area contributed by atoms with Crippen molar-refractivity contribution in [2.24, 2.45) is 0 Å². The Kier molecular flexibility index (Phi) is 3.40. The van der Waals surface area contributed by atoms with E-state index in [-0.39, 0.29) is 0 Å². The molecule has 2 aromatic rings. The van der Waals surface area contributed by atoms with Crippen LogP contribution in [-0.4, -0.2) is 31.2 Å². The number of nitrogens with two attached hydrogens (primary N) is 1. The molecule has 0 saturated carbocycles. The van der Waals surface area contributed by atoms with Crippen LogP contribution in [0.5, 0.6) is 0 Å². The van der Waals surface area contributed by atoms with Gasteiger partial charge in [0.05, 0.1) is 11.9 Å². The standard InChI is InChI=1S/C14H20N6/c1-3-20-10(2)11(7-17-20)8-19-5-4-13-12(9-19)6-16-14(15)18-13/h6-7H,3-5,8-9H2,1-2H3,(H2,15,16,18). The van der Waals surface area contributed by atoms with Gasteiger partial charge in [0.2, 0.25) is 5.95 Å². The summed E-state index contributed by atoms with van der Waals surface area (Å²) in [6, 6.07) is 0. The van der Waals surface area contributed by atoms with Gasteiger partial charge < -0.3 is 5.73 Å². The van der Waals surface area contributed by atoms with E-state index in [0.29, 0.717) is 5.95 Å². The second-order valence-electron chi connectivity index (χ2n) is 5.23. The molecule has 0 aromatic carbocycles. The van der Waals surface area contributed by atoms with Crippen LogP contribution in [0.1, 0.15) is 29.4 Å². The number of hydrogen-bond donors (Lipinski definition) is 1. The zero-order valence-electron chi connectivity index (χ0n) is 12.0. The SMILES string of the molecule is CCn1ncc(CN2CCc3nc(N)ncc3C2)c1C. The predicted molar refractivity (Wildman–Crippen MR) is 76.9 cm³/mol. The smallest absolute Gasteiger partial charge is 0.220 e. The van der Waals surface area contributed by atoms with Crippen molar-refractivity contribution in [2.75, 3.05) is 12.3 Å². The number of rotatable bonds is 3. The van der Waals surface area contributed by atoms with E-state index in [1.54, 1.807) is 0 Å². The van der Waals surface area contributed by atoms with Gasteiger partial charge in [0.1, 0.15) is 0 Å². The Morgan fingerprint density at radius 1 is 1.35 bits per heavy atom. The van der Waals surface area contributed by atoms with Gasteiger partial charge in [0.25, 0.3) is 0 Å². The van der Waals surface area contributed by atoms with Crippen molar-refractivity contribution in [3.8, 4) is 0 Å². The lowest BCUT2D eigenvalue weighted by Crippen LogP contribution is -2.31. The summed E-state index contributed by atoms with van der Waals surface area (Å²) in [7, 11) is 0. The molecule has 0 amide bonds. The van der Waals surface area contributed by atoms with Gasteiger partial charge >= 0.3 is 0 Å². The summed E-state index contributed by atoms with van der Waals surface area (Å²) in [5.41, 5.74) is 10.5. The molecule has 0 radical (unpaired) electrons. The first-order valence-electron chi connectivity index (χ1n) is 7.01. The molecular weight excluding hydrogens is 252 g/mol. The van der Waals surface area contributed by atoms with Gasteiger partial charge in [0, 0.05) is 55.6 Å². The fourth-order valence-electron chi connectivity index (χ4n) is 2.73. The zero-order valence-corrected chi connectivity index (χ0v) is 12.0. The Labute approximate surface area is 118 Å². The summed E-state index contributed by atoms with van der Waals surface area (Å²) < 4.78 is 2.04. The monoisotopic (exact) mass is 272 g/mol. The van der Waals surface area contributed by atoms with Crippen molar-refractivity contribution in [3.63, 3.8) is 0 Å². The Bertz CT molecular complexity index is 618. The average molecular weight is 272 g/mol. The van der Waals surface area contributed by atoms with Crippen LogP contribution in [-0.2, 0) is 26.1 Å². The summed E-state index contributed by atoms with van der Waals surface area (Å²) in [6.07, 6.45) is 4.77. The first-order valence-corrected chi connectivity index (χ1v) is 7.01. The molecule has 0 spiro atoms. The lowest BCUT2D eigenvalue weighted by molar-refractivity contribution is 0.242. The molecule has 3 rings (SSSR count). The van der Waals surface area contributed by atoms with Gasteiger partial charge in [-0.2, -0.15) is 5.10 Å². The molecule has 0 aliphatic carbocycles. The molecule has 3 heterocycles. The summed E-state index contributed by atoms with van der Waals surface area (Å²) in [6.45, 7) is 7.97. The number of anilines is 1. The van der Waals surface area contributed by atoms with Crippen LogP contribution in [0.15, 0.2) is 12.4 Å². The van der Waals surface area contributed by atoms with E-state index in [0.717, 1.165) is 38.3 Å². The third-order valence-electron chi connectivity index (χ3n) is 3.93. The molecule has 106 valence electrons. The Hall–Kier alpha value is -1.95. The first-order chi connectivity index (χ1) is 9.67. The Balaban J connectivity index is 1.74. The second kappa shape index (κ2) is 5.20. The van der Waals surface area contributed by atoms with Gasteiger partial charge in [-0.3, -0.25) is 9.58 Å². The highest BCUT2D eigenvalue weighted by molar-refractivity contribution is 5.27. The van der Waals surface area contributed by atoms with Gasteiger partial charge in [0.15, 0.2) is 0 Å². The van der Waals surface area contributed by atoms with Gasteiger partial charge in [-0.1, -0.05) is 0 Å². The Morgan fingerprint density at radius 2 is 2.20 bits per heavy atom. The van der Waals surface area contributed by atoms with Crippen molar-refractivity contribution in [1.29, 1.82) is 0 Å². The summed E-state index contributed by atoms with van der Waals surface area (Å²) in [5, 5.41) is 4.40. The van der Waals surface area contributed by atoms with Gasteiger partial charge in [-0.05, 0) is 13.8 Å². The maximum Gasteiger partial charge on any atom is 0.220 e. The summed E-state index contributed by atoms with van der Waals surface area (Å²) in [5.74, 6) is 0.372. The fraction of sp³-hybridized carbons (Fsp3) is 0.500. The van der Waals surface area contributed by atoms with Crippen LogP contribution in [0.25, 0.3) is 0 Å². The molecular formula is C14H20N6. The van der Waals surface area contributed by atoms with Crippen molar-refractivity contribution >= 4 is 5.95 Å². The molecule has 2 N–H and O–H groups in total. The quantitative estimate of drug-likeness (QED) is 0.907. The van der Waals surface area contributed by atoms with E-state index < -0.39 is 0 Å². The van der Waals surface area contributed by atoms with E-state index in [2.05, 4.69) is 33.8 Å². The number of nitrogens with zero attached hydrogens (tertiary/aromatic N) is 5. The van der Waals surface area contributed by atoms with Crippen LogP contribution in [0.3, 0.4) is 0 Å². The molecule has 1 aliphatic rings. The van der Waals surface area contributed by atoms with Crippen molar-refractivity contribution in [1.82, 2.24) is 24.6 Å². The largest absolute Gasteiger partial charge is 0.368 e. The van der Waals surface area contributed by atoms with Gasteiger partial charge in [-0.15, -0.1) is 0 Å². The third-order valence-corrected chi connectivity index (χ3v) is 3.93. The fourth-order valence-corrected chi connectivity index (χ4v) is 2.73. The molecule has 0 fully saturated rings. The maximum atomic E-state index is 5.63. The highest BCUT2D eigenvalue weighted by Gasteiger charge is 2.19. The number of hydrogen-bond acceptors (Lipinski definition) is 5. The van der Waals surface area contributed by atoms with Crippen LogP contribution in [0, 0.1) is 6.92 Å². The number of aromatic nitrogens is 4. The topological polar surface area (TPSA) is 72.9 Å². The molecule has 0 unspecified atom stereocenters. The van der Waals surface area contributed by atoms with Crippen LogP contribution in [0.2, 0.25) is 0 Å². The van der Waals surface area contributed by atoms with E-state index in [4.69, 9.17) is 5.73 Å². The first kappa shape index (κ1) is 13.1. The minimum Gasteiger partial charge on any atom is -0.368 e. The number of nitrogen functional groups attached to an aromatic ring is 1. The normalized spacial score (nSPS) is 15.3. The lowest BCUT2D eigenvalue weighted by atomic mass is 10.1. The van der Waals surface area contributed by atoms with Crippen LogP contribution < -0.4 is 5.73 Å². The van der Waals surface area contributed by atoms with Crippen molar-refractivity contribution in [3.05, 3.63) is 34.9 Å². The molecule has 20 heavy (non-hydrogen) atoms. The van der Waals surface area contributed by atoms with Crippen LogP contribution >= 0.6 is 0 Å². The second-order valence-corrected chi connectivity index (χ2v) is 5.23. The Morgan fingerprint density at radius 3 is 2.95 bits per heavy atom. The van der Waals surface area contributed by atoms with Gasteiger partial charge in [-0.25, -0.2) is 9.97 Å². The number of fused-ring (bicyclic) bond motifs is 1. The predicted octanol–water partition coefficient (Wildman–Crippen LogP) is 1.14. The van der Waals surface area contributed by atoms with E-state index >= 15 is 0 Å². The third kappa shape index (κ3) is 2.38. The molecule has 0 atom stereocenters. The average Bonchev–Trinajstić information content (AvgIpc) is 2.80. The molecule has 6 nitrogen and oxygen atoms in total. The highest BCUT2D eigenvalue weighted by Crippen LogP contribution is 2.20. The van der Waals surface area contributed by atoms with E-state index in [1.807, 2.05) is 17.1 Å². The van der Waals surface area contributed by atoms with E-state index in [1.165, 1.54) is 16.8 Å². The maximum absolute atomic E-state index is 5.63. The minimum atomic E-state index is 0.372. The van der Waals surface area contributed by atoms with Crippen LogP contribution in [0.4, 0.5) is 5.95 Å². The molecule has 6 heteroatoms. The number of aryl methyl sites for hydroxylation is 1. The highest BCUT2D eigenvalue weighted by atomic mass is 15.3. The summed E-state index contributed by atoms with van der Waals surface area (Å²) >= 11 is 0. The van der Waals surface area contributed by atoms with Crippen molar-refractivity contribution in [2.45, 2.75) is 39.9 Å².